The van der Waals surface area contributed by atoms with Crippen LogP contribution >= 0.6 is 15.9 Å². The molecule has 0 atom stereocenters. The Balaban J connectivity index is 1.91. The van der Waals surface area contributed by atoms with Crippen molar-refractivity contribution >= 4 is 28.1 Å². The molecule has 102 valence electrons. The van der Waals surface area contributed by atoms with Crippen LogP contribution in [0.5, 0.6) is 0 Å². The lowest BCUT2D eigenvalue weighted by atomic mass is 10.0. The maximum absolute atomic E-state index is 11.8. The third kappa shape index (κ3) is 4.10. The Labute approximate surface area is 122 Å². The van der Waals surface area contributed by atoms with Crippen LogP contribution in [0, 0.1) is 0 Å². The summed E-state index contributed by atoms with van der Waals surface area (Å²) < 4.78 is 6.37. The van der Waals surface area contributed by atoms with Crippen LogP contribution < -0.4 is 0 Å². The molecule has 2 rings (SSSR count). The molecular weight excluding hydrogens is 306 g/mol. The molecule has 0 bridgehead atoms. The molecule has 19 heavy (non-hydrogen) atoms. The van der Waals surface area contributed by atoms with E-state index in [1.54, 1.807) is 4.90 Å². The molecule has 1 heterocycles. The van der Waals surface area contributed by atoms with Crippen molar-refractivity contribution in [2.45, 2.75) is 26.4 Å². The predicted molar refractivity (Wildman–Crippen MR) is 79.9 cm³/mol. The first-order valence-corrected chi connectivity index (χ1v) is 7.06. The Bertz CT molecular complexity index is 509. The standard InChI is InChI=1S/C15H18BrNO2/c1-15(2,3)19-14(18)17-9-12(10-17)7-11-5-4-6-13(16)8-11/h4-8H,9-10H2,1-3H3. The number of likely N-dealkylation sites (tertiary alicyclic amines) is 1. The van der Waals surface area contributed by atoms with Gasteiger partial charge < -0.3 is 9.64 Å². The minimum atomic E-state index is -0.430. The fourth-order valence-electron chi connectivity index (χ4n) is 1.82. The van der Waals surface area contributed by atoms with Gasteiger partial charge in [-0.3, -0.25) is 0 Å². The van der Waals surface area contributed by atoms with Crippen LogP contribution in [0.2, 0.25) is 0 Å². The van der Waals surface area contributed by atoms with Gasteiger partial charge in [0, 0.05) is 17.6 Å². The van der Waals surface area contributed by atoms with E-state index in [-0.39, 0.29) is 6.09 Å². The molecule has 1 aromatic rings. The second kappa shape index (κ2) is 5.37. The summed E-state index contributed by atoms with van der Waals surface area (Å²) in [6, 6.07) is 8.10. The summed E-state index contributed by atoms with van der Waals surface area (Å²) in [5.41, 5.74) is 1.96. The van der Waals surface area contributed by atoms with E-state index in [9.17, 15) is 4.79 Å². The highest BCUT2D eigenvalue weighted by atomic mass is 79.9. The van der Waals surface area contributed by atoms with Gasteiger partial charge >= 0.3 is 6.09 Å². The van der Waals surface area contributed by atoms with E-state index >= 15 is 0 Å². The van der Waals surface area contributed by atoms with Crippen molar-refractivity contribution in [3.63, 3.8) is 0 Å². The van der Waals surface area contributed by atoms with Gasteiger partial charge in [0.05, 0.1) is 0 Å². The molecule has 0 aliphatic carbocycles. The van der Waals surface area contributed by atoms with Crippen molar-refractivity contribution < 1.29 is 9.53 Å². The molecule has 0 unspecified atom stereocenters. The SMILES string of the molecule is CC(C)(C)OC(=O)N1CC(=Cc2cccc(Br)c2)C1. The van der Waals surface area contributed by atoms with Gasteiger partial charge in [-0.05, 0) is 44.0 Å². The monoisotopic (exact) mass is 323 g/mol. The number of ether oxygens (including phenoxy) is 1. The molecule has 0 radical (unpaired) electrons. The van der Waals surface area contributed by atoms with Gasteiger partial charge in [-0.2, -0.15) is 0 Å². The zero-order chi connectivity index (χ0) is 14.0. The van der Waals surface area contributed by atoms with E-state index in [0.29, 0.717) is 13.1 Å². The molecule has 1 aliphatic heterocycles. The van der Waals surface area contributed by atoms with Crippen molar-refractivity contribution in [1.82, 2.24) is 4.90 Å². The smallest absolute Gasteiger partial charge is 0.410 e. The molecule has 1 aliphatic rings. The average molecular weight is 324 g/mol. The number of rotatable bonds is 1. The fraction of sp³-hybridized carbons (Fsp3) is 0.400. The van der Waals surface area contributed by atoms with Crippen LogP contribution in [0.25, 0.3) is 6.08 Å². The quantitative estimate of drug-likeness (QED) is 0.779. The number of nitrogens with zero attached hydrogens (tertiary/aromatic N) is 1. The largest absolute Gasteiger partial charge is 0.444 e. The number of halogens is 1. The number of amides is 1. The molecule has 1 fully saturated rings. The molecule has 3 nitrogen and oxygen atoms in total. The van der Waals surface area contributed by atoms with E-state index in [2.05, 4.69) is 28.1 Å². The molecule has 4 heteroatoms. The van der Waals surface area contributed by atoms with Crippen molar-refractivity contribution in [2.75, 3.05) is 13.1 Å². The van der Waals surface area contributed by atoms with Crippen molar-refractivity contribution in [2.24, 2.45) is 0 Å². The Morgan fingerprint density at radius 1 is 1.37 bits per heavy atom. The highest BCUT2D eigenvalue weighted by Crippen LogP contribution is 2.22. The van der Waals surface area contributed by atoms with E-state index in [1.165, 1.54) is 5.57 Å². The number of carbonyl (C=O) groups excluding carboxylic acids is 1. The summed E-state index contributed by atoms with van der Waals surface area (Å²) in [6.07, 6.45) is 1.88. The summed E-state index contributed by atoms with van der Waals surface area (Å²) in [6.45, 7) is 6.94. The molecule has 0 N–H and O–H groups in total. The van der Waals surface area contributed by atoms with Crippen LogP contribution in [0.1, 0.15) is 26.3 Å². The minimum absolute atomic E-state index is 0.237. The highest BCUT2D eigenvalue weighted by Gasteiger charge is 2.29. The van der Waals surface area contributed by atoms with Crippen LogP contribution in [0.15, 0.2) is 34.3 Å². The van der Waals surface area contributed by atoms with Crippen LogP contribution in [-0.4, -0.2) is 29.7 Å². The molecule has 0 spiro atoms. The maximum Gasteiger partial charge on any atom is 0.410 e. The lowest BCUT2D eigenvalue weighted by molar-refractivity contribution is 0.0216. The van der Waals surface area contributed by atoms with Crippen molar-refractivity contribution in [1.29, 1.82) is 0 Å². The third-order valence-corrected chi connectivity index (χ3v) is 3.15. The van der Waals surface area contributed by atoms with Crippen molar-refractivity contribution in [3.8, 4) is 0 Å². The second-order valence-electron chi connectivity index (χ2n) is 5.69. The minimum Gasteiger partial charge on any atom is -0.444 e. The summed E-state index contributed by atoms with van der Waals surface area (Å²) >= 11 is 3.45. The summed E-state index contributed by atoms with van der Waals surface area (Å²) in [7, 11) is 0. The van der Waals surface area contributed by atoms with E-state index in [4.69, 9.17) is 4.74 Å². The Kier molecular flexibility index (Phi) is 3.99. The van der Waals surface area contributed by atoms with Gasteiger partial charge in [-0.1, -0.05) is 34.1 Å². The van der Waals surface area contributed by atoms with Crippen LogP contribution in [0.4, 0.5) is 4.79 Å². The normalized spacial score (nSPS) is 14.9. The molecule has 1 saturated heterocycles. The maximum atomic E-state index is 11.8. The van der Waals surface area contributed by atoms with E-state index < -0.39 is 5.60 Å². The molecule has 1 aromatic carbocycles. The second-order valence-corrected chi connectivity index (χ2v) is 6.61. The Morgan fingerprint density at radius 2 is 2.05 bits per heavy atom. The predicted octanol–water partition coefficient (Wildman–Crippen LogP) is 4.08. The van der Waals surface area contributed by atoms with Crippen LogP contribution in [-0.2, 0) is 4.74 Å². The van der Waals surface area contributed by atoms with Crippen molar-refractivity contribution in [3.05, 3.63) is 39.9 Å². The number of hydrogen-bond acceptors (Lipinski definition) is 2. The first kappa shape index (κ1) is 14.1. The van der Waals surface area contributed by atoms with E-state index in [1.807, 2.05) is 39.0 Å². The molecular formula is C15H18BrNO2. The third-order valence-electron chi connectivity index (χ3n) is 2.66. The number of carbonyl (C=O) groups is 1. The number of hydrogen-bond donors (Lipinski definition) is 0. The summed E-state index contributed by atoms with van der Waals surface area (Å²) in [4.78, 5) is 13.5. The lowest BCUT2D eigenvalue weighted by Crippen LogP contribution is -2.46. The summed E-state index contributed by atoms with van der Waals surface area (Å²) in [5.74, 6) is 0. The Morgan fingerprint density at radius 3 is 2.63 bits per heavy atom. The first-order chi connectivity index (χ1) is 8.83. The highest BCUT2D eigenvalue weighted by molar-refractivity contribution is 9.10. The Hall–Kier alpha value is -1.29. The fourth-order valence-corrected chi connectivity index (χ4v) is 2.24. The van der Waals surface area contributed by atoms with Gasteiger partial charge in [-0.15, -0.1) is 0 Å². The van der Waals surface area contributed by atoms with E-state index in [0.717, 1.165) is 10.0 Å². The van der Waals surface area contributed by atoms with Crippen LogP contribution in [0.3, 0.4) is 0 Å². The van der Waals surface area contributed by atoms with Gasteiger partial charge in [0.1, 0.15) is 5.60 Å². The molecule has 0 aromatic heterocycles. The first-order valence-electron chi connectivity index (χ1n) is 6.26. The van der Waals surface area contributed by atoms with Gasteiger partial charge in [0.2, 0.25) is 0 Å². The topological polar surface area (TPSA) is 29.5 Å². The molecule has 1 amide bonds. The molecule has 0 saturated carbocycles. The lowest BCUT2D eigenvalue weighted by Gasteiger charge is -2.35. The average Bonchev–Trinajstić information content (AvgIpc) is 2.20. The zero-order valence-electron chi connectivity index (χ0n) is 11.4. The van der Waals surface area contributed by atoms with Gasteiger partial charge in [-0.25, -0.2) is 4.79 Å². The van der Waals surface area contributed by atoms with Gasteiger partial charge in [0.15, 0.2) is 0 Å². The van der Waals surface area contributed by atoms with Gasteiger partial charge in [0.25, 0.3) is 0 Å². The summed E-state index contributed by atoms with van der Waals surface area (Å²) in [5, 5.41) is 0. The zero-order valence-corrected chi connectivity index (χ0v) is 13.0. The number of benzene rings is 1.